The average Bonchev–Trinajstić information content (AvgIpc) is 2.02. The Labute approximate surface area is 88.8 Å². The number of sulfone groups is 1. The number of rotatable bonds is 4. The molecule has 1 atom stereocenters. The maximum Gasteiger partial charge on any atom is 0.306 e. The van der Waals surface area contributed by atoms with E-state index < -0.39 is 15.8 Å². The fourth-order valence-electron chi connectivity index (χ4n) is 0.752. The number of hydrogen-bond donors (Lipinski definition) is 0. The van der Waals surface area contributed by atoms with Gasteiger partial charge in [-0.2, -0.15) is 0 Å². The second-order valence-electron chi connectivity index (χ2n) is 3.00. The molecule has 0 spiro atoms. The summed E-state index contributed by atoms with van der Waals surface area (Å²) in [6, 6.07) is 0. The summed E-state index contributed by atoms with van der Waals surface area (Å²) in [7, 11) is -2.09. The SMILES string of the molecule is COC(=O)CC(C)C=C(Cl)S(C)(=O)=O. The molecule has 0 N–H and O–H groups in total. The van der Waals surface area contributed by atoms with Crippen LogP contribution in [0, 0.1) is 5.92 Å². The minimum Gasteiger partial charge on any atom is -0.469 e. The highest BCUT2D eigenvalue weighted by atomic mass is 35.5. The predicted octanol–water partition coefficient (Wildman–Crippen LogP) is 1.31. The molecule has 82 valence electrons. The fraction of sp³-hybridized carbons (Fsp3) is 0.625. The summed E-state index contributed by atoms with van der Waals surface area (Å²) in [5.74, 6) is -0.656. The third kappa shape index (κ3) is 5.24. The molecule has 0 aromatic carbocycles. The van der Waals surface area contributed by atoms with Crippen molar-refractivity contribution in [3.8, 4) is 0 Å². The van der Waals surface area contributed by atoms with Crippen LogP contribution in [0.1, 0.15) is 13.3 Å². The molecule has 0 aromatic heterocycles. The molecule has 14 heavy (non-hydrogen) atoms. The lowest BCUT2D eigenvalue weighted by Gasteiger charge is -2.04. The topological polar surface area (TPSA) is 60.4 Å². The minimum absolute atomic E-state index is 0.113. The molecule has 0 rings (SSSR count). The lowest BCUT2D eigenvalue weighted by molar-refractivity contribution is -0.141. The smallest absolute Gasteiger partial charge is 0.306 e. The standard InChI is InChI=1S/C8H13ClO4S/c1-6(5-8(10)13-2)4-7(9)14(3,11)12/h4,6H,5H2,1-3H3. The number of carbonyl (C=O) groups excluding carboxylic acids is 1. The van der Waals surface area contributed by atoms with Gasteiger partial charge in [-0.1, -0.05) is 24.6 Å². The molecule has 0 aromatic rings. The second kappa shape index (κ2) is 5.36. The number of hydrogen-bond acceptors (Lipinski definition) is 4. The van der Waals surface area contributed by atoms with Gasteiger partial charge in [0.15, 0.2) is 9.84 Å². The van der Waals surface area contributed by atoms with Crippen LogP contribution in [0.5, 0.6) is 0 Å². The third-order valence-electron chi connectivity index (χ3n) is 1.49. The summed E-state index contributed by atoms with van der Waals surface area (Å²) < 4.78 is 26.0. The van der Waals surface area contributed by atoms with Gasteiger partial charge in [-0.3, -0.25) is 4.79 Å². The van der Waals surface area contributed by atoms with Crippen LogP contribution in [0.4, 0.5) is 0 Å². The van der Waals surface area contributed by atoms with Gasteiger partial charge in [0.25, 0.3) is 0 Å². The zero-order chi connectivity index (χ0) is 11.4. The van der Waals surface area contributed by atoms with E-state index in [1.807, 2.05) is 0 Å². The number of methoxy groups -OCH3 is 1. The Bertz CT molecular complexity index is 331. The van der Waals surface area contributed by atoms with E-state index >= 15 is 0 Å². The summed E-state index contributed by atoms with van der Waals surface area (Å²) in [5, 5.41) is 0. The van der Waals surface area contributed by atoms with Gasteiger partial charge in [0.05, 0.1) is 13.5 Å². The fourth-order valence-corrected chi connectivity index (χ4v) is 1.45. The highest BCUT2D eigenvalue weighted by Gasteiger charge is 2.12. The van der Waals surface area contributed by atoms with Gasteiger partial charge < -0.3 is 4.74 Å². The summed E-state index contributed by atoms with van der Waals surface area (Å²) in [6.45, 7) is 1.68. The molecule has 4 nitrogen and oxygen atoms in total. The van der Waals surface area contributed by atoms with Gasteiger partial charge in [-0.25, -0.2) is 8.42 Å². The highest BCUT2D eigenvalue weighted by Crippen LogP contribution is 2.15. The van der Waals surface area contributed by atoms with Crippen LogP contribution in [0.25, 0.3) is 0 Å². The van der Waals surface area contributed by atoms with Gasteiger partial charge >= 0.3 is 5.97 Å². The van der Waals surface area contributed by atoms with Gasteiger partial charge in [0, 0.05) is 6.26 Å². The number of carbonyl (C=O) groups is 1. The van der Waals surface area contributed by atoms with Crippen molar-refractivity contribution in [2.24, 2.45) is 5.92 Å². The van der Waals surface area contributed by atoms with E-state index in [0.29, 0.717) is 0 Å². The first-order valence-electron chi connectivity index (χ1n) is 3.91. The van der Waals surface area contributed by atoms with Crippen LogP contribution < -0.4 is 0 Å². The molecule has 0 radical (unpaired) electrons. The largest absolute Gasteiger partial charge is 0.469 e. The molecule has 1 unspecified atom stereocenters. The quantitative estimate of drug-likeness (QED) is 0.696. The first-order valence-corrected chi connectivity index (χ1v) is 6.18. The Morgan fingerprint density at radius 2 is 2.07 bits per heavy atom. The van der Waals surface area contributed by atoms with Crippen molar-refractivity contribution in [2.75, 3.05) is 13.4 Å². The Morgan fingerprint density at radius 1 is 1.57 bits per heavy atom. The third-order valence-corrected chi connectivity index (χ3v) is 3.30. The number of ether oxygens (including phenoxy) is 1. The lowest BCUT2D eigenvalue weighted by Crippen LogP contribution is -2.06. The summed E-state index contributed by atoms with van der Waals surface area (Å²) in [6.07, 6.45) is 2.45. The first-order chi connectivity index (χ1) is 6.27. The van der Waals surface area contributed by atoms with E-state index in [9.17, 15) is 13.2 Å². The molecule has 0 amide bonds. The Hall–Kier alpha value is -0.550. The molecule has 0 fully saturated rings. The molecule has 0 saturated carbocycles. The molecular formula is C8H13ClO4S. The Balaban J connectivity index is 4.45. The van der Waals surface area contributed by atoms with E-state index in [2.05, 4.69) is 4.74 Å². The van der Waals surface area contributed by atoms with Crippen LogP contribution in [0.15, 0.2) is 10.4 Å². The van der Waals surface area contributed by atoms with Crippen molar-refractivity contribution in [2.45, 2.75) is 13.3 Å². The Morgan fingerprint density at radius 3 is 2.43 bits per heavy atom. The van der Waals surface area contributed by atoms with Crippen molar-refractivity contribution in [3.63, 3.8) is 0 Å². The number of halogens is 1. The van der Waals surface area contributed by atoms with Gasteiger partial charge in [-0.15, -0.1) is 0 Å². The second-order valence-corrected chi connectivity index (χ2v) is 5.62. The van der Waals surface area contributed by atoms with Crippen LogP contribution >= 0.6 is 11.6 Å². The summed E-state index contributed by atoms with van der Waals surface area (Å²) in [5.41, 5.74) is 0. The zero-order valence-corrected chi connectivity index (χ0v) is 9.85. The van der Waals surface area contributed by atoms with E-state index in [-0.39, 0.29) is 16.7 Å². The normalized spacial score (nSPS) is 15.0. The van der Waals surface area contributed by atoms with E-state index in [0.717, 1.165) is 6.26 Å². The Kier molecular flexibility index (Phi) is 5.15. The van der Waals surface area contributed by atoms with Crippen LogP contribution in [-0.4, -0.2) is 27.8 Å². The molecule has 0 aliphatic rings. The number of allylic oxidation sites excluding steroid dienone is 1. The lowest BCUT2D eigenvalue weighted by atomic mass is 10.1. The summed E-state index contributed by atoms with van der Waals surface area (Å²) >= 11 is 5.50. The molecule has 0 aliphatic heterocycles. The van der Waals surface area contributed by atoms with Crippen molar-refractivity contribution < 1.29 is 17.9 Å². The van der Waals surface area contributed by atoms with E-state index in [1.54, 1.807) is 6.92 Å². The van der Waals surface area contributed by atoms with Crippen molar-refractivity contribution in [1.29, 1.82) is 0 Å². The van der Waals surface area contributed by atoms with Crippen LogP contribution in [0.3, 0.4) is 0 Å². The first kappa shape index (κ1) is 13.4. The molecule has 6 heteroatoms. The van der Waals surface area contributed by atoms with Gasteiger partial charge in [0.2, 0.25) is 0 Å². The molecule has 0 saturated heterocycles. The maximum absolute atomic E-state index is 10.9. The van der Waals surface area contributed by atoms with Crippen molar-refractivity contribution in [3.05, 3.63) is 10.4 Å². The summed E-state index contributed by atoms with van der Waals surface area (Å²) in [4.78, 5) is 10.8. The van der Waals surface area contributed by atoms with E-state index in [1.165, 1.54) is 13.2 Å². The molecule has 0 aliphatic carbocycles. The van der Waals surface area contributed by atoms with Crippen LogP contribution in [0.2, 0.25) is 0 Å². The molecule has 0 heterocycles. The van der Waals surface area contributed by atoms with Crippen molar-refractivity contribution in [1.82, 2.24) is 0 Å². The van der Waals surface area contributed by atoms with E-state index in [4.69, 9.17) is 11.6 Å². The van der Waals surface area contributed by atoms with Gasteiger partial charge in [-0.05, 0) is 5.92 Å². The number of esters is 1. The molecule has 0 bridgehead atoms. The predicted molar refractivity (Wildman–Crippen MR) is 54.6 cm³/mol. The maximum atomic E-state index is 10.9. The van der Waals surface area contributed by atoms with Crippen molar-refractivity contribution >= 4 is 27.4 Å². The minimum atomic E-state index is -3.37. The van der Waals surface area contributed by atoms with Crippen LogP contribution in [-0.2, 0) is 19.4 Å². The van der Waals surface area contributed by atoms with Gasteiger partial charge in [0.1, 0.15) is 4.36 Å². The monoisotopic (exact) mass is 240 g/mol. The molecular weight excluding hydrogens is 228 g/mol. The zero-order valence-electron chi connectivity index (χ0n) is 8.28. The average molecular weight is 241 g/mol. The highest BCUT2D eigenvalue weighted by molar-refractivity contribution is 7.96.